The summed E-state index contributed by atoms with van der Waals surface area (Å²) in [4.78, 5) is 0. The first-order chi connectivity index (χ1) is 5.70. The van der Waals surface area contributed by atoms with E-state index < -0.39 is 0 Å². The number of fused-ring (bicyclic) bond motifs is 1. The van der Waals surface area contributed by atoms with Crippen LogP contribution in [0.2, 0.25) is 5.15 Å². The van der Waals surface area contributed by atoms with Gasteiger partial charge in [0.1, 0.15) is 5.75 Å². The number of nitrogens with zero attached hydrogens (tertiary/aromatic N) is 2. The monoisotopic (exact) mass is 182 g/mol. The molecule has 0 fully saturated rings. The molecule has 3 nitrogen and oxygen atoms in total. The Morgan fingerprint density at radius 3 is 2.92 bits per heavy atom. The summed E-state index contributed by atoms with van der Waals surface area (Å²) in [5.74, 6) is 0.172. The van der Waals surface area contributed by atoms with Crippen LogP contribution in [0.5, 0.6) is 5.75 Å². The molecule has 0 bridgehead atoms. The van der Waals surface area contributed by atoms with E-state index in [1.807, 2.05) is 6.07 Å². The van der Waals surface area contributed by atoms with E-state index >= 15 is 0 Å². The van der Waals surface area contributed by atoms with E-state index in [2.05, 4.69) is 5.10 Å². The quantitative estimate of drug-likeness (QED) is 0.676. The molecule has 0 spiro atoms. The topological polar surface area (TPSA) is 38.0 Å². The van der Waals surface area contributed by atoms with Gasteiger partial charge in [-0.1, -0.05) is 17.7 Å². The molecule has 1 aromatic heterocycles. The van der Waals surface area contributed by atoms with Crippen LogP contribution in [0.4, 0.5) is 0 Å². The van der Waals surface area contributed by atoms with Crippen LogP contribution < -0.4 is 0 Å². The summed E-state index contributed by atoms with van der Waals surface area (Å²) in [5, 5.41) is 14.4. The number of aromatic hydroxyl groups is 1. The van der Waals surface area contributed by atoms with Crippen molar-refractivity contribution in [2.75, 3.05) is 0 Å². The zero-order valence-electron chi connectivity index (χ0n) is 6.45. The molecule has 0 saturated heterocycles. The molecule has 0 aliphatic rings. The summed E-state index contributed by atoms with van der Waals surface area (Å²) >= 11 is 5.79. The van der Waals surface area contributed by atoms with Crippen LogP contribution in [-0.2, 0) is 7.05 Å². The third kappa shape index (κ3) is 0.865. The van der Waals surface area contributed by atoms with Gasteiger partial charge in [-0.05, 0) is 12.1 Å². The van der Waals surface area contributed by atoms with Gasteiger partial charge in [0.15, 0.2) is 5.15 Å². The van der Waals surface area contributed by atoms with Gasteiger partial charge in [-0.3, -0.25) is 4.68 Å². The number of hydrogen-bond donors (Lipinski definition) is 1. The molecule has 1 heterocycles. The molecule has 12 heavy (non-hydrogen) atoms. The lowest BCUT2D eigenvalue weighted by Gasteiger charge is -1.94. The third-order valence-corrected chi connectivity index (χ3v) is 2.08. The molecule has 1 aromatic carbocycles. The van der Waals surface area contributed by atoms with Crippen molar-refractivity contribution < 1.29 is 5.11 Å². The predicted molar refractivity (Wildman–Crippen MR) is 47.4 cm³/mol. The Balaban J connectivity index is 2.99. The van der Waals surface area contributed by atoms with Crippen LogP contribution >= 0.6 is 11.6 Å². The van der Waals surface area contributed by atoms with E-state index in [0.717, 1.165) is 5.52 Å². The number of halogens is 1. The fourth-order valence-electron chi connectivity index (χ4n) is 1.24. The standard InChI is InChI=1S/C8H7ClN2O/c1-11-5-3-2-4-6(12)7(5)8(9)10-11/h2-4,12H,1H3. The zero-order valence-corrected chi connectivity index (χ0v) is 7.21. The maximum absolute atomic E-state index is 9.43. The minimum Gasteiger partial charge on any atom is -0.507 e. The Hall–Kier alpha value is -1.22. The Morgan fingerprint density at radius 1 is 1.50 bits per heavy atom. The summed E-state index contributed by atoms with van der Waals surface area (Å²) in [6.45, 7) is 0. The molecule has 2 rings (SSSR count). The van der Waals surface area contributed by atoms with Crippen molar-refractivity contribution in [3.8, 4) is 5.75 Å². The molecule has 0 aliphatic carbocycles. The first kappa shape index (κ1) is 7.43. The molecule has 4 heteroatoms. The van der Waals surface area contributed by atoms with Crippen molar-refractivity contribution in [3.05, 3.63) is 23.4 Å². The highest BCUT2D eigenvalue weighted by molar-refractivity contribution is 6.34. The average Bonchev–Trinajstić information content (AvgIpc) is 2.29. The van der Waals surface area contributed by atoms with Crippen molar-refractivity contribution in [1.82, 2.24) is 9.78 Å². The predicted octanol–water partition coefficient (Wildman–Crippen LogP) is 1.93. The van der Waals surface area contributed by atoms with Crippen LogP contribution in [0.25, 0.3) is 10.9 Å². The van der Waals surface area contributed by atoms with Crippen molar-refractivity contribution in [2.45, 2.75) is 0 Å². The summed E-state index contributed by atoms with van der Waals surface area (Å²) in [5.41, 5.74) is 0.833. The third-order valence-electron chi connectivity index (χ3n) is 1.81. The molecule has 0 saturated carbocycles. The summed E-state index contributed by atoms with van der Waals surface area (Å²) in [6.07, 6.45) is 0. The first-order valence-electron chi connectivity index (χ1n) is 3.50. The minimum absolute atomic E-state index is 0.172. The average molecular weight is 183 g/mol. The normalized spacial score (nSPS) is 10.8. The SMILES string of the molecule is Cn1nc(Cl)c2c(O)cccc21. The molecular weight excluding hydrogens is 176 g/mol. The molecule has 2 aromatic rings. The number of rotatable bonds is 0. The molecule has 0 atom stereocenters. The van der Waals surface area contributed by atoms with Crippen LogP contribution in [0.3, 0.4) is 0 Å². The van der Waals surface area contributed by atoms with Crippen molar-refractivity contribution in [3.63, 3.8) is 0 Å². The second-order valence-electron chi connectivity index (χ2n) is 2.59. The van der Waals surface area contributed by atoms with Crippen LogP contribution in [0.1, 0.15) is 0 Å². The highest BCUT2D eigenvalue weighted by atomic mass is 35.5. The number of phenolic OH excluding ortho intramolecular Hbond substituents is 1. The Morgan fingerprint density at radius 2 is 2.25 bits per heavy atom. The zero-order chi connectivity index (χ0) is 8.72. The highest BCUT2D eigenvalue weighted by Crippen LogP contribution is 2.29. The smallest absolute Gasteiger partial charge is 0.162 e. The fourth-order valence-corrected chi connectivity index (χ4v) is 1.55. The lowest BCUT2D eigenvalue weighted by molar-refractivity contribution is 0.481. The molecule has 0 unspecified atom stereocenters. The number of aryl methyl sites for hydroxylation is 1. The number of aromatic nitrogens is 2. The van der Waals surface area contributed by atoms with Gasteiger partial charge in [-0.25, -0.2) is 0 Å². The van der Waals surface area contributed by atoms with Gasteiger partial charge in [0.2, 0.25) is 0 Å². The van der Waals surface area contributed by atoms with Gasteiger partial charge in [0.05, 0.1) is 10.9 Å². The maximum Gasteiger partial charge on any atom is 0.162 e. The Labute approximate surface area is 74.2 Å². The molecule has 1 N–H and O–H groups in total. The van der Waals surface area contributed by atoms with E-state index in [1.165, 1.54) is 0 Å². The van der Waals surface area contributed by atoms with Crippen molar-refractivity contribution in [2.24, 2.45) is 7.05 Å². The van der Waals surface area contributed by atoms with Crippen molar-refractivity contribution in [1.29, 1.82) is 0 Å². The van der Waals surface area contributed by atoms with Crippen molar-refractivity contribution >= 4 is 22.5 Å². The molecule has 0 aliphatic heterocycles. The van der Waals surface area contributed by atoms with Crippen LogP contribution in [-0.4, -0.2) is 14.9 Å². The number of benzene rings is 1. The molecule has 0 radical (unpaired) electrons. The van der Waals surface area contributed by atoms with Gasteiger partial charge in [-0.2, -0.15) is 5.10 Å². The van der Waals surface area contributed by atoms with Gasteiger partial charge >= 0.3 is 0 Å². The van der Waals surface area contributed by atoms with Crippen LogP contribution in [0, 0.1) is 0 Å². The van der Waals surface area contributed by atoms with E-state index in [4.69, 9.17) is 11.6 Å². The van der Waals surface area contributed by atoms with Gasteiger partial charge in [-0.15, -0.1) is 0 Å². The fraction of sp³-hybridized carbons (Fsp3) is 0.125. The Kier molecular flexibility index (Phi) is 1.48. The van der Waals surface area contributed by atoms with Gasteiger partial charge in [0.25, 0.3) is 0 Å². The maximum atomic E-state index is 9.43. The summed E-state index contributed by atoms with van der Waals surface area (Å²) in [6, 6.07) is 5.21. The number of hydrogen-bond acceptors (Lipinski definition) is 2. The summed E-state index contributed by atoms with van der Waals surface area (Å²) < 4.78 is 1.64. The Bertz CT molecular complexity index is 436. The largest absolute Gasteiger partial charge is 0.507 e. The first-order valence-corrected chi connectivity index (χ1v) is 3.88. The second kappa shape index (κ2) is 2.38. The van der Waals surface area contributed by atoms with E-state index in [0.29, 0.717) is 10.5 Å². The van der Waals surface area contributed by atoms with Gasteiger partial charge in [0, 0.05) is 7.05 Å². The molecule has 0 amide bonds. The number of phenols is 1. The molecular formula is C8H7ClN2O. The van der Waals surface area contributed by atoms with E-state index in [9.17, 15) is 5.11 Å². The van der Waals surface area contributed by atoms with E-state index in [1.54, 1.807) is 23.9 Å². The summed E-state index contributed by atoms with van der Waals surface area (Å²) in [7, 11) is 1.79. The van der Waals surface area contributed by atoms with Crippen LogP contribution in [0.15, 0.2) is 18.2 Å². The highest BCUT2D eigenvalue weighted by Gasteiger charge is 2.08. The minimum atomic E-state index is 0.172. The molecule has 62 valence electrons. The second-order valence-corrected chi connectivity index (χ2v) is 2.94. The lowest BCUT2D eigenvalue weighted by atomic mass is 10.2. The van der Waals surface area contributed by atoms with Gasteiger partial charge < -0.3 is 5.11 Å². The van der Waals surface area contributed by atoms with E-state index in [-0.39, 0.29) is 5.75 Å². The lowest BCUT2D eigenvalue weighted by Crippen LogP contribution is -1.87.